The highest BCUT2D eigenvalue weighted by atomic mass is 79.9. The smallest absolute Gasteiger partial charge is 0.244 e. The Bertz CT molecular complexity index is 1480. The first-order valence-corrected chi connectivity index (χ1v) is 16.4. The number of amides is 2. The number of carbonyl (C=O) groups is 2. The fourth-order valence-electron chi connectivity index (χ4n) is 4.58. The van der Waals surface area contributed by atoms with Crippen molar-refractivity contribution in [3.8, 4) is 11.5 Å². The van der Waals surface area contributed by atoms with Gasteiger partial charge < -0.3 is 19.7 Å². The molecule has 0 aliphatic carbocycles. The van der Waals surface area contributed by atoms with Gasteiger partial charge in [0, 0.05) is 29.5 Å². The Hall–Kier alpha value is -3.57. The monoisotopic (exact) mass is 657 g/mol. The van der Waals surface area contributed by atoms with Crippen molar-refractivity contribution in [1.82, 2.24) is 10.2 Å². The summed E-state index contributed by atoms with van der Waals surface area (Å²) in [6.45, 7) is 4.22. The van der Waals surface area contributed by atoms with Gasteiger partial charge in [-0.15, -0.1) is 0 Å². The second-order valence-corrected chi connectivity index (χ2v) is 13.1. The number of hydrogen-bond acceptors (Lipinski definition) is 6. The highest BCUT2D eigenvalue weighted by Crippen LogP contribution is 2.35. The molecule has 224 valence electrons. The second-order valence-electron chi connectivity index (χ2n) is 10.3. The van der Waals surface area contributed by atoms with E-state index in [9.17, 15) is 18.0 Å². The predicted octanol–water partition coefficient (Wildman–Crippen LogP) is 4.54. The Morgan fingerprint density at radius 2 is 1.62 bits per heavy atom. The summed E-state index contributed by atoms with van der Waals surface area (Å²) in [5.41, 5.74) is 1.94. The number of halogens is 1. The molecule has 3 aromatic rings. The van der Waals surface area contributed by atoms with Crippen LogP contribution in [-0.2, 0) is 32.6 Å². The Morgan fingerprint density at radius 3 is 2.26 bits per heavy atom. The van der Waals surface area contributed by atoms with E-state index in [2.05, 4.69) is 21.2 Å². The minimum atomic E-state index is -3.90. The molecule has 0 radical (unpaired) electrons. The van der Waals surface area contributed by atoms with Crippen molar-refractivity contribution in [2.24, 2.45) is 0 Å². The molecule has 2 atom stereocenters. The minimum absolute atomic E-state index is 0.106. The van der Waals surface area contributed by atoms with Crippen molar-refractivity contribution < 1.29 is 27.5 Å². The lowest BCUT2D eigenvalue weighted by molar-refractivity contribution is -0.140. The van der Waals surface area contributed by atoms with Gasteiger partial charge in [0.05, 0.1) is 11.9 Å². The van der Waals surface area contributed by atoms with Gasteiger partial charge in [-0.2, -0.15) is 0 Å². The molecule has 1 aliphatic heterocycles. The fourth-order valence-corrected chi connectivity index (χ4v) is 5.69. The quantitative estimate of drug-likeness (QED) is 0.307. The fraction of sp³-hybridized carbons (Fsp3) is 0.355. The first-order valence-electron chi connectivity index (χ1n) is 13.8. The van der Waals surface area contributed by atoms with E-state index in [1.165, 1.54) is 4.90 Å². The predicted molar refractivity (Wildman–Crippen MR) is 166 cm³/mol. The lowest BCUT2D eigenvalue weighted by Gasteiger charge is -2.34. The van der Waals surface area contributed by atoms with Gasteiger partial charge in [0.25, 0.3) is 0 Å². The molecule has 0 spiro atoms. The maximum atomic E-state index is 14.2. The number of rotatable bonds is 12. The third kappa shape index (κ3) is 8.25. The van der Waals surface area contributed by atoms with Gasteiger partial charge in [0.2, 0.25) is 21.8 Å². The van der Waals surface area contributed by atoms with Crippen LogP contribution >= 0.6 is 15.9 Å². The standard InChI is InChI=1S/C31H36BrN3O6S/c1-4-22(2)33-31(37)27(18-23-8-6-5-7-9-23)34(20-24-10-12-25(32)13-11-24)30(36)21-35(42(3,38)39)26-14-15-28-29(19-26)41-17-16-40-28/h5-15,19,22,27H,4,16-18,20-21H2,1-3H3,(H,33,37)/t22-,27+/m1/s1. The Balaban J connectivity index is 1.73. The van der Waals surface area contributed by atoms with Crippen LogP contribution < -0.4 is 19.1 Å². The number of benzene rings is 3. The van der Waals surface area contributed by atoms with E-state index in [4.69, 9.17) is 9.47 Å². The normalized spacial score (nSPS) is 14.0. The van der Waals surface area contributed by atoms with E-state index in [1.54, 1.807) is 18.2 Å². The molecule has 4 rings (SSSR count). The van der Waals surface area contributed by atoms with Crippen molar-refractivity contribution in [2.45, 2.75) is 45.3 Å². The number of carbonyl (C=O) groups excluding carboxylic acids is 2. The van der Waals surface area contributed by atoms with E-state index in [-0.39, 0.29) is 30.6 Å². The molecule has 1 aliphatic rings. The summed E-state index contributed by atoms with van der Waals surface area (Å²) in [6.07, 6.45) is 2.03. The Labute approximate surface area is 256 Å². The second kappa shape index (κ2) is 14.1. The molecular weight excluding hydrogens is 622 g/mol. The van der Waals surface area contributed by atoms with Crippen LogP contribution in [0.5, 0.6) is 11.5 Å². The number of anilines is 1. The van der Waals surface area contributed by atoms with E-state index < -0.39 is 28.5 Å². The maximum absolute atomic E-state index is 14.2. The van der Waals surface area contributed by atoms with Crippen LogP contribution in [0, 0.1) is 0 Å². The van der Waals surface area contributed by atoms with Gasteiger partial charge in [-0.3, -0.25) is 13.9 Å². The van der Waals surface area contributed by atoms with Crippen LogP contribution in [0.4, 0.5) is 5.69 Å². The van der Waals surface area contributed by atoms with E-state index in [0.29, 0.717) is 24.7 Å². The number of nitrogens with zero attached hydrogens (tertiary/aromatic N) is 2. The van der Waals surface area contributed by atoms with Crippen molar-refractivity contribution in [2.75, 3.05) is 30.3 Å². The summed E-state index contributed by atoms with van der Waals surface area (Å²) in [5, 5.41) is 3.03. The SMILES string of the molecule is CC[C@@H](C)NC(=O)[C@H](Cc1ccccc1)N(Cc1ccc(Br)cc1)C(=O)CN(c1ccc2c(c1)OCCO2)S(C)(=O)=O. The number of nitrogens with one attached hydrogen (secondary N) is 1. The van der Waals surface area contributed by atoms with Gasteiger partial charge in [-0.05, 0) is 48.7 Å². The summed E-state index contributed by atoms with van der Waals surface area (Å²) in [5.74, 6) is 0.0927. The molecule has 3 aromatic carbocycles. The summed E-state index contributed by atoms with van der Waals surface area (Å²) in [7, 11) is -3.90. The van der Waals surface area contributed by atoms with Crippen molar-refractivity contribution >= 4 is 43.5 Å². The zero-order valence-corrected chi connectivity index (χ0v) is 26.4. The summed E-state index contributed by atoms with van der Waals surface area (Å²) >= 11 is 3.44. The van der Waals surface area contributed by atoms with Crippen LogP contribution in [-0.4, -0.2) is 63.2 Å². The van der Waals surface area contributed by atoms with Crippen LogP contribution in [0.1, 0.15) is 31.4 Å². The molecule has 0 fully saturated rings. The highest BCUT2D eigenvalue weighted by molar-refractivity contribution is 9.10. The molecular formula is C31H36BrN3O6S. The number of ether oxygens (including phenoxy) is 2. The Morgan fingerprint density at radius 1 is 0.952 bits per heavy atom. The van der Waals surface area contributed by atoms with Crippen LogP contribution in [0.25, 0.3) is 0 Å². The average Bonchev–Trinajstić information content (AvgIpc) is 2.98. The van der Waals surface area contributed by atoms with Gasteiger partial charge >= 0.3 is 0 Å². The average molecular weight is 659 g/mol. The third-order valence-corrected chi connectivity index (χ3v) is 8.70. The first kappa shape index (κ1) is 31.4. The van der Waals surface area contributed by atoms with E-state index in [0.717, 1.165) is 32.6 Å². The lowest BCUT2D eigenvalue weighted by Crippen LogP contribution is -2.54. The molecule has 0 unspecified atom stereocenters. The number of fused-ring (bicyclic) bond motifs is 1. The van der Waals surface area contributed by atoms with Crippen LogP contribution in [0.3, 0.4) is 0 Å². The molecule has 1 heterocycles. The van der Waals surface area contributed by atoms with Crippen LogP contribution in [0.2, 0.25) is 0 Å². The zero-order valence-electron chi connectivity index (χ0n) is 24.0. The summed E-state index contributed by atoms with van der Waals surface area (Å²) < 4.78 is 39.2. The molecule has 0 saturated carbocycles. The van der Waals surface area contributed by atoms with Gasteiger partial charge in [-0.25, -0.2) is 8.42 Å². The number of sulfonamides is 1. The molecule has 0 aromatic heterocycles. The molecule has 2 amide bonds. The summed E-state index contributed by atoms with van der Waals surface area (Å²) in [4.78, 5) is 29.4. The third-order valence-electron chi connectivity index (χ3n) is 7.03. The van der Waals surface area contributed by atoms with Crippen molar-refractivity contribution in [1.29, 1.82) is 0 Å². The molecule has 0 saturated heterocycles. The lowest BCUT2D eigenvalue weighted by atomic mass is 10.0. The van der Waals surface area contributed by atoms with Crippen LogP contribution in [0.15, 0.2) is 77.3 Å². The van der Waals surface area contributed by atoms with E-state index in [1.807, 2.05) is 68.4 Å². The first-order chi connectivity index (χ1) is 20.0. The molecule has 1 N–H and O–H groups in total. The van der Waals surface area contributed by atoms with Gasteiger partial charge in [0.15, 0.2) is 11.5 Å². The molecule has 9 nitrogen and oxygen atoms in total. The zero-order chi connectivity index (χ0) is 30.3. The highest BCUT2D eigenvalue weighted by Gasteiger charge is 2.33. The topological polar surface area (TPSA) is 105 Å². The van der Waals surface area contributed by atoms with Gasteiger partial charge in [0.1, 0.15) is 25.8 Å². The largest absolute Gasteiger partial charge is 0.486 e. The van der Waals surface area contributed by atoms with Crippen molar-refractivity contribution in [3.63, 3.8) is 0 Å². The molecule has 0 bridgehead atoms. The van der Waals surface area contributed by atoms with Crippen molar-refractivity contribution in [3.05, 3.63) is 88.4 Å². The maximum Gasteiger partial charge on any atom is 0.244 e. The number of hydrogen-bond donors (Lipinski definition) is 1. The minimum Gasteiger partial charge on any atom is -0.486 e. The molecule has 42 heavy (non-hydrogen) atoms. The molecule has 11 heteroatoms. The Kier molecular flexibility index (Phi) is 10.5. The van der Waals surface area contributed by atoms with E-state index >= 15 is 0 Å². The van der Waals surface area contributed by atoms with Gasteiger partial charge in [-0.1, -0.05) is 65.3 Å². The summed E-state index contributed by atoms with van der Waals surface area (Å²) in [6, 6.07) is 20.7.